The van der Waals surface area contributed by atoms with Gasteiger partial charge in [-0.15, -0.1) is 0 Å². The van der Waals surface area contributed by atoms with Gasteiger partial charge < -0.3 is 39.8 Å². The van der Waals surface area contributed by atoms with Gasteiger partial charge in [0, 0.05) is 83.5 Å². The molecule has 4 atom stereocenters. The molecule has 4 N–H and O–H groups in total. The molecule has 0 aliphatic carbocycles. The molecule has 1 fully saturated rings. The van der Waals surface area contributed by atoms with Gasteiger partial charge in [0.1, 0.15) is 44.2 Å². The van der Waals surface area contributed by atoms with E-state index in [9.17, 15) is 28.8 Å². The second-order valence-electron chi connectivity index (χ2n) is 18.0. The average molecular weight is 907 g/mol. The number of ether oxygens (including phenoxy) is 4. The van der Waals surface area contributed by atoms with Gasteiger partial charge in [0.15, 0.2) is 0 Å². The van der Waals surface area contributed by atoms with Crippen molar-refractivity contribution in [1.82, 2.24) is 31.1 Å². The lowest BCUT2D eigenvalue weighted by Gasteiger charge is -2.36. The molecule has 4 unspecified atom stereocenters. The number of rotatable bonds is 21. The standard InChI is InChI=1S/C39H52B10N6O10.H3P/c1-26-12-14-28(15-13-26)24-63-37(61)64-25-39(5,6)53-33(57)30(20-29-21-45(29)49(47(42)43)48(44)46(40)41)55(19-17-50-35(59)65-38(2,3)4)32(56)22-54-18-16-31(51-34(54)58)52-36(60)62-23-27-10-8-7-9-11-27;/h7-16,18,29-31H,17,19-25H2,1-6H3,(H,50,59)(H,51,58)(H,52,60)(H,53,57);1H3. The number of urea groups is 1. The summed E-state index contributed by atoms with van der Waals surface area (Å²) < 4.78 is 21.3. The molecule has 66 heavy (non-hydrogen) atoms. The maximum absolute atomic E-state index is 14.6. The Hall–Kier alpha value is -4.72. The van der Waals surface area contributed by atoms with Gasteiger partial charge in [-0.25, -0.2) is 19.2 Å². The molecular formula is C39H55B10N6O10P. The van der Waals surface area contributed by atoms with E-state index in [0.29, 0.717) is 6.32 Å². The number of amides is 6. The van der Waals surface area contributed by atoms with Gasteiger partial charge in [-0.05, 0) is 65.2 Å². The summed E-state index contributed by atoms with van der Waals surface area (Å²) in [6.07, 6.45) is -3.24. The Morgan fingerprint density at radius 2 is 1.53 bits per heavy atom. The zero-order valence-corrected chi connectivity index (χ0v) is 40.1. The molecule has 27 heteroatoms. The van der Waals surface area contributed by atoms with Gasteiger partial charge in [-0.1, -0.05) is 72.3 Å². The lowest BCUT2D eigenvalue weighted by atomic mass is 8.57. The third-order valence-corrected chi connectivity index (χ3v) is 10.6. The highest BCUT2D eigenvalue weighted by atomic mass is 31.0. The van der Waals surface area contributed by atoms with E-state index >= 15 is 0 Å². The van der Waals surface area contributed by atoms with Crippen LogP contribution in [0, 0.1) is 6.92 Å². The number of aryl methyl sites for hydroxylation is 1. The topological polar surface area (TPSA) is 194 Å². The van der Waals surface area contributed by atoms with Crippen LogP contribution >= 0.6 is 9.90 Å². The first-order chi connectivity index (χ1) is 30.5. The quantitative estimate of drug-likeness (QED) is 0.0609. The van der Waals surface area contributed by atoms with Gasteiger partial charge in [0.2, 0.25) is 11.8 Å². The highest BCUT2D eigenvalue weighted by Crippen LogP contribution is 2.44. The molecule has 336 valence electrons. The fourth-order valence-electron chi connectivity index (χ4n) is 7.23. The van der Waals surface area contributed by atoms with E-state index in [2.05, 4.69) is 21.3 Å². The number of nitrogens with zero attached hydrogens (tertiary/aromatic N) is 2. The van der Waals surface area contributed by atoms with Crippen LogP contribution in [0.2, 0.25) is 12.1 Å². The Labute approximate surface area is 400 Å². The Morgan fingerprint density at radius 3 is 2.14 bits per heavy atom. The smallest absolute Gasteiger partial charge is 0.445 e. The molecule has 4 rings (SSSR count). The molecule has 2 aliphatic heterocycles. The van der Waals surface area contributed by atoms with Crippen molar-refractivity contribution in [3.8, 4) is 0 Å². The summed E-state index contributed by atoms with van der Waals surface area (Å²) >= 11 is 0. The van der Waals surface area contributed by atoms with Crippen LogP contribution in [0.3, 0.4) is 0 Å². The van der Waals surface area contributed by atoms with Crippen LogP contribution in [0.25, 0.3) is 0 Å². The normalized spacial score (nSPS) is 15.6. The van der Waals surface area contributed by atoms with E-state index in [1.165, 1.54) is 17.2 Å². The van der Waals surface area contributed by atoms with E-state index in [-0.39, 0.29) is 61.7 Å². The van der Waals surface area contributed by atoms with Crippen LogP contribution in [0.15, 0.2) is 66.9 Å². The molecule has 2 aliphatic rings. The molecule has 0 bridgehead atoms. The predicted molar refractivity (Wildman–Crippen MR) is 269 cm³/mol. The lowest BCUT2D eigenvalue weighted by Crippen LogP contribution is -2.63. The van der Waals surface area contributed by atoms with Crippen molar-refractivity contribution < 1.29 is 47.7 Å². The summed E-state index contributed by atoms with van der Waals surface area (Å²) in [4.78, 5) is 82.5. The zero-order valence-electron chi connectivity index (χ0n) is 38.7. The summed E-state index contributed by atoms with van der Waals surface area (Å²) in [5, 5.41) is 10.7. The largest absolute Gasteiger partial charge is 0.508 e. The third kappa shape index (κ3) is 18.5. The Kier molecular flexibility index (Phi) is 21.4. The summed E-state index contributed by atoms with van der Waals surface area (Å²) in [6.45, 7) is 8.81. The minimum absolute atomic E-state index is 0. The van der Waals surface area contributed by atoms with Gasteiger partial charge in [0.05, 0.1) is 12.1 Å². The molecule has 10 radical (unpaired) electrons. The highest BCUT2D eigenvalue weighted by Gasteiger charge is 2.52. The van der Waals surface area contributed by atoms with Gasteiger partial charge >= 0.3 is 24.4 Å². The molecular weight excluding hydrogens is 852 g/mol. The average Bonchev–Trinajstić information content (AvgIpc) is 3.98. The first-order valence-corrected chi connectivity index (χ1v) is 21.5. The number of carbonyl (C=O) groups excluding carboxylic acids is 6. The third-order valence-electron chi connectivity index (χ3n) is 10.6. The van der Waals surface area contributed by atoms with Crippen LogP contribution in [0.1, 0.15) is 57.7 Å². The highest BCUT2D eigenvalue weighted by molar-refractivity contribution is 8.01. The molecule has 2 heterocycles. The van der Waals surface area contributed by atoms with E-state index in [1.807, 2.05) is 37.3 Å². The molecule has 0 aromatic heterocycles. The molecule has 2 aromatic carbocycles. The van der Waals surface area contributed by atoms with Gasteiger partial charge in [0.25, 0.3) is 0 Å². The second kappa shape index (κ2) is 25.4. The van der Waals surface area contributed by atoms with E-state index < -0.39 is 91.6 Å². The number of benzene rings is 2. The summed E-state index contributed by atoms with van der Waals surface area (Å²) in [7, 11) is 30.6. The zero-order chi connectivity index (χ0) is 48.1. The number of hydrogen-bond acceptors (Lipinski definition) is 10. The lowest BCUT2D eigenvalue weighted by molar-refractivity contribution is -0.141. The SMILES string of the molecule is P.[B]B([B])B([B])B(B([B])[B])B1CC1CC(C(=O)NC(C)(C)COC(=O)OCc1ccc(C)cc1)N(CCNC(=O)OC(C)(C)C)C(=O)CN1C=CC(NC(=O)OCc2ccccc2)NC1=O. The molecule has 0 saturated carbocycles. The van der Waals surface area contributed by atoms with E-state index in [0.717, 1.165) is 21.6 Å². The summed E-state index contributed by atoms with van der Waals surface area (Å²) in [6, 6.07) is 14.5. The van der Waals surface area contributed by atoms with Crippen molar-refractivity contribution in [3.63, 3.8) is 0 Å². The van der Waals surface area contributed by atoms with Gasteiger partial charge in [-0.3, -0.25) is 19.8 Å². The van der Waals surface area contributed by atoms with Gasteiger partial charge in [-0.2, -0.15) is 9.90 Å². The first kappa shape index (κ1) is 55.6. The van der Waals surface area contributed by atoms with Crippen molar-refractivity contribution in [2.24, 2.45) is 0 Å². The Balaban J connectivity index is 0.0000116. The first-order valence-electron chi connectivity index (χ1n) is 21.5. The number of nitrogens with one attached hydrogen (secondary N) is 4. The van der Waals surface area contributed by atoms with Crippen molar-refractivity contribution in [3.05, 3.63) is 83.6 Å². The molecule has 6 amide bonds. The second-order valence-corrected chi connectivity index (χ2v) is 18.0. The van der Waals surface area contributed by atoms with Crippen LogP contribution in [0.5, 0.6) is 0 Å². The number of carbonyl (C=O) groups is 6. The summed E-state index contributed by atoms with van der Waals surface area (Å²) in [5.74, 6) is -1.55. The van der Waals surface area contributed by atoms with Crippen molar-refractivity contribution in [2.75, 3.05) is 26.2 Å². The fraction of sp³-hybridized carbons (Fsp3) is 0.487. The maximum Gasteiger partial charge on any atom is 0.508 e. The fourth-order valence-corrected chi connectivity index (χ4v) is 7.23. The van der Waals surface area contributed by atoms with Crippen LogP contribution in [0.4, 0.5) is 19.2 Å². The summed E-state index contributed by atoms with van der Waals surface area (Å²) in [5.41, 5.74) is 0.554. The van der Waals surface area contributed by atoms with Crippen molar-refractivity contribution in [2.45, 2.75) is 96.7 Å². The Morgan fingerprint density at radius 1 is 0.894 bits per heavy atom. The molecule has 16 nitrogen and oxygen atoms in total. The van der Waals surface area contributed by atoms with E-state index in [4.69, 9.17) is 57.6 Å². The van der Waals surface area contributed by atoms with Crippen LogP contribution < -0.4 is 21.3 Å². The van der Waals surface area contributed by atoms with Crippen molar-refractivity contribution >= 4 is 117 Å². The van der Waals surface area contributed by atoms with E-state index in [1.54, 1.807) is 58.9 Å². The molecule has 0 spiro atoms. The monoisotopic (exact) mass is 908 g/mol. The van der Waals surface area contributed by atoms with Crippen LogP contribution in [-0.4, -0.2) is 166 Å². The molecule has 2 aromatic rings. The number of alkyl carbamates (subject to hydrolysis) is 2. The maximum atomic E-state index is 14.6. The Bertz CT molecular complexity index is 1990. The number of hydrogen-bond donors (Lipinski definition) is 4. The minimum Gasteiger partial charge on any atom is -0.445 e. The van der Waals surface area contributed by atoms with Crippen molar-refractivity contribution in [1.29, 1.82) is 0 Å². The molecule has 1 saturated heterocycles. The van der Waals surface area contributed by atoms with Crippen LogP contribution in [-0.2, 0) is 41.8 Å². The minimum atomic E-state index is -1.23. The predicted octanol–water partition coefficient (Wildman–Crippen LogP) is 1.00.